The van der Waals surface area contributed by atoms with Gasteiger partial charge in [-0.15, -0.1) is 0 Å². The summed E-state index contributed by atoms with van der Waals surface area (Å²) in [7, 11) is 0. The summed E-state index contributed by atoms with van der Waals surface area (Å²) < 4.78 is 11.1. The average Bonchev–Trinajstić information content (AvgIpc) is 3.59. The van der Waals surface area contributed by atoms with Crippen molar-refractivity contribution < 1.29 is 4.74 Å². The third-order valence-electron chi connectivity index (χ3n) is 10.6. The van der Waals surface area contributed by atoms with Gasteiger partial charge in [-0.1, -0.05) is 91.3 Å². The van der Waals surface area contributed by atoms with Crippen LogP contribution in [0, 0.1) is 26.2 Å². The topological polar surface area (TPSA) is 44.9 Å². The highest BCUT2D eigenvalue weighted by Gasteiger charge is 2.21. The summed E-state index contributed by atoms with van der Waals surface area (Å²) in [6, 6.07) is 34.7. The fourth-order valence-electron chi connectivity index (χ4n) is 7.71. The Morgan fingerprint density at radius 1 is 0.736 bits per heavy atom. The molecule has 5 nitrogen and oxygen atoms in total. The van der Waals surface area contributed by atoms with Gasteiger partial charge in [-0.25, -0.2) is 9.67 Å². The van der Waals surface area contributed by atoms with E-state index in [2.05, 4.69) is 165 Å². The van der Waals surface area contributed by atoms with Crippen LogP contribution in [0.15, 0.2) is 103 Å². The van der Waals surface area contributed by atoms with Crippen LogP contribution in [0.5, 0.6) is 11.5 Å². The molecule has 1 atom stereocenters. The molecule has 7 aromatic rings. The van der Waals surface area contributed by atoms with E-state index in [1.54, 1.807) is 0 Å². The highest BCUT2D eigenvalue weighted by Crippen LogP contribution is 2.39. The fraction of sp³-hybridized carbons (Fsp3) is 0.333. The number of benzene rings is 4. The maximum atomic E-state index is 6.71. The molecule has 4 aromatic carbocycles. The molecule has 272 valence electrons. The zero-order valence-corrected chi connectivity index (χ0v) is 33.2. The standard InChI is InChI=1S/C48H54N4O/c1-31-25-38(52-34(4)46(33(3)50-52)35-16-12-11-13-17-35)29-40(26-31)53-39-19-20-41-42-27-36(32(2)15-14-23-47(5,6)7)18-21-43(42)51(44(41)30-39)45-28-37(22-24-49-45)48(8,9)10/h11-13,16-22,24-30,32H,14-15,23H2,1-10H3. The highest BCUT2D eigenvalue weighted by atomic mass is 16.5. The predicted molar refractivity (Wildman–Crippen MR) is 222 cm³/mol. The molecule has 0 N–H and O–H groups in total. The van der Waals surface area contributed by atoms with Crippen molar-refractivity contribution in [2.24, 2.45) is 5.41 Å². The SMILES string of the molecule is Cc1cc(Oc2ccc3c4cc(C(C)CCCC(C)(C)C)ccc4n(-c4cc(C(C)(C)C)ccn4)c3c2)cc(-n2nc(C)c(-c3ccccc3)c2C)c1. The molecule has 0 bridgehead atoms. The van der Waals surface area contributed by atoms with Crippen LogP contribution >= 0.6 is 0 Å². The van der Waals surface area contributed by atoms with Crippen LogP contribution in [0.4, 0.5) is 0 Å². The smallest absolute Gasteiger partial charge is 0.137 e. The van der Waals surface area contributed by atoms with Gasteiger partial charge in [0, 0.05) is 40.4 Å². The molecule has 1 unspecified atom stereocenters. The van der Waals surface area contributed by atoms with E-state index in [0.29, 0.717) is 11.3 Å². The summed E-state index contributed by atoms with van der Waals surface area (Å²) in [6.07, 6.45) is 5.58. The Morgan fingerprint density at radius 3 is 2.25 bits per heavy atom. The zero-order valence-electron chi connectivity index (χ0n) is 33.2. The second-order valence-electron chi connectivity index (χ2n) is 17.2. The third kappa shape index (κ3) is 7.53. The summed E-state index contributed by atoms with van der Waals surface area (Å²) in [5.74, 6) is 2.94. The molecule has 0 fully saturated rings. The van der Waals surface area contributed by atoms with Gasteiger partial charge in [-0.05, 0) is 121 Å². The van der Waals surface area contributed by atoms with Gasteiger partial charge in [0.25, 0.3) is 0 Å². The van der Waals surface area contributed by atoms with Crippen LogP contribution in [0.25, 0.3) is 44.4 Å². The maximum Gasteiger partial charge on any atom is 0.137 e. The van der Waals surface area contributed by atoms with Crippen molar-refractivity contribution in [1.82, 2.24) is 19.3 Å². The Morgan fingerprint density at radius 2 is 1.51 bits per heavy atom. The Bertz CT molecular complexity index is 2420. The minimum atomic E-state index is -0.00339. The maximum absolute atomic E-state index is 6.71. The molecule has 7 rings (SSSR count). The first-order valence-electron chi connectivity index (χ1n) is 19.1. The van der Waals surface area contributed by atoms with Crippen molar-refractivity contribution in [2.75, 3.05) is 0 Å². The number of ether oxygens (including phenoxy) is 1. The first-order chi connectivity index (χ1) is 25.2. The van der Waals surface area contributed by atoms with Gasteiger partial charge >= 0.3 is 0 Å². The Kier molecular flexibility index (Phi) is 9.57. The third-order valence-corrected chi connectivity index (χ3v) is 10.6. The van der Waals surface area contributed by atoms with E-state index in [1.807, 2.05) is 16.9 Å². The van der Waals surface area contributed by atoms with E-state index in [9.17, 15) is 0 Å². The minimum Gasteiger partial charge on any atom is -0.457 e. The zero-order chi connectivity index (χ0) is 37.7. The number of aryl methyl sites for hydroxylation is 2. The molecule has 0 aliphatic rings. The second-order valence-corrected chi connectivity index (χ2v) is 17.2. The van der Waals surface area contributed by atoms with E-state index in [0.717, 1.165) is 51.0 Å². The lowest BCUT2D eigenvalue weighted by molar-refractivity contribution is 0.354. The van der Waals surface area contributed by atoms with Gasteiger partial charge in [-0.3, -0.25) is 4.57 Å². The van der Waals surface area contributed by atoms with Crippen molar-refractivity contribution in [2.45, 2.75) is 99.8 Å². The molecule has 0 spiro atoms. The summed E-state index contributed by atoms with van der Waals surface area (Å²) in [5, 5.41) is 7.41. The molecule has 0 aliphatic carbocycles. The molecule has 53 heavy (non-hydrogen) atoms. The van der Waals surface area contributed by atoms with E-state index in [-0.39, 0.29) is 5.41 Å². The number of pyridine rings is 1. The quantitative estimate of drug-likeness (QED) is 0.150. The summed E-state index contributed by atoms with van der Waals surface area (Å²) >= 11 is 0. The lowest BCUT2D eigenvalue weighted by Gasteiger charge is -2.20. The van der Waals surface area contributed by atoms with Crippen LogP contribution in [0.3, 0.4) is 0 Å². The lowest BCUT2D eigenvalue weighted by Crippen LogP contribution is -2.12. The first kappa shape index (κ1) is 36.2. The van der Waals surface area contributed by atoms with Crippen molar-refractivity contribution in [3.63, 3.8) is 0 Å². The van der Waals surface area contributed by atoms with E-state index < -0.39 is 0 Å². The van der Waals surface area contributed by atoms with Crippen molar-refractivity contribution in [3.8, 4) is 34.1 Å². The van der Waals surface area contributed by atoms with E-state index in [1.165, 1.54) is 52.3 Å². The molecular formula is C48H54N4O. The number of nitrogens with zero attached hydrogens (tertiary/aromatic N) is 4. The number of hydrogen-bond acceptors (Lipinski definition) is 3. The second kappa shape index (κ2) is 14.0. The van der Waals surface area contributed by atoms with E-state index in [4.69, 9.17) is 14.8 Å². The molecule has 0 amide bonds. The number of hydrogen-bond donors (Lipinski definition) is 0. The number of fused-ring (bicyclic) bond motifs is 3. The predicted octanol–water partition coefficient (Wildman–Crippen LogP) is 13.4. The first-order valence-corrected chi connectivity index (χ1v) is 19.1. The van der Waals surface area contributed by atoms with Gasteiger partial charge in [0.05, 0.1) is 22.4 Å². The Hall–Kier alpha value is -5.16. The Labute approximate surface area is 315 Å². The molecule has 0 radical (unpaired) electrons. The molecule has 3 aromatic heterocycles. The van der Waals surface area contributed by atoms with Crippen LogP contribution in [-0.2, 0) is 5.41 Å². The fourth-order valence-corrected chi connectivity index (χ4v) is 7.71. The molecule has 3 heterocycles. The van der Waals surface area contributed by atoms with Crippen molar-refractivity contribution in [3.05, 3.63) is 131 Å². The van der Waals surface area contributed by atoms with Gasteiger partial charge in [0.2, 0.25) is 0 Å². The average molecular weight is 703 g/mol. The normalized spacial score (nSPS) is 12.9. The molecule has 0 aliphatic heterocycles. The van der Waals surface area contributed by atoms with Crippen molar-refractivity contribution >= 4 is 21.8 Å². The summed E-state index contributed by atoms with van der Waals surface area (Å²) in [6.45, 7) is 22.4. The Balaban J connectivity index is 1.30. The number of aromatic nitrogens is 4. The van der Waals surface area contributed by atoms with Gasteiger partial charge in [0.15, 0.2) is 0 Å². The van der Waals surface area contributed by atoms with Gasteiger partial charge in [0.1, 0.15) is 17.3 Å². The molecule has 0 saturated heterocycles. The summed E-state index contributed by atoms with van der Waals surface area (Å²) in [5.41, 5.74) is 11.7. The van der Waals surface area contributed by atoms with Crippen LogP contribution in [0.1, 0.15) is 102 Å². The van der Waals surface area contributed by atoms with Crippen molar-refractivity contribution in [1.29, 1.82) is 0 Å². The largest absolute Gasteiger partial charge is 0.457 e. The minimum absolute atomic E-state index is 0.00339. The summed E-state index contributed by atoms with van der Waals surface area (Å²) in [4.78, 5) is 4.94. The van der Waals surface area contributed by atoms with Gasteiger partial charge < -0.3 is 4.74 Å². The molecule has 0 saturated carbocycles. The lowest BCUT2D eigenvalue weighted by atomic mass is 9.86. The van der Waals surface area contributed by atoms with E-state index >= 15 is 0 Å². The van der Waals surface area contributed by atoms with Crippen LogP contribution in [-0.4, -0.2) is 19.3 Å². The molecule has 5 heteroatoms. The van der Waals surface area contributed by atoms with Crippen LogP contribution < -0.4 is 4.74 Å². The highest BCUT2D eigenvalue weighted by molar-refractivity contribution is 6.09. The van der Waals surface area contributed by atoms with Crippen LogP contribution in [0.2, 0.25) is 0 Å². The van der Waals surface area contributed by atoms with Gasteiger partial charge in [-0.2, -0.15) is 5.10 Å². The monoisotopic (exact) mass is 702 g/mol. The molecular weight excluding hydrogens is 649 g/mol. The number of rotatable bonds is 9.